The average Bonchev–Trinajstić information content (AvgIpc) is 2.94. The van der Waals surface area contributed by atoms with E-state index in [9.17, 15) is 4.79 Å². The van der Waals surface area contributed by atoms with E-state index in [1.807, 2.05) is 24.3 Å². The maximum absolute atomic E-state index is 12.1. The summed E-state index contributed by atoms with van der Waals surface area (Å²) in [6.45, 7) is 0.953. The summed E-state index contributed by atoms with van der Waals surface area (Å²) in [6, 6.07) is 16.0. The molecule has 1 unspecified atom stereocenters. The fraction of sp³-hybridized carbons (Fsp3) is 0.350. The number of unbranched alkanes of at least 4 members (excludes halogenated alkanes) is 1. The van der Waals surface area contributed by atoms with Crippen LogP contribution in [0.4, 0.5) is 0 Å². The van der Waals surface area contributed by atoms with Crippen LogP contribution in [0.25, 0.3) is 11.1 Å². The Bertz CT molecular complexity index is 675. The third-order valence-corrected chi connectivity index (χ3v) is 4.63. The Labute approximate surface area is 155 Å². The Kier molecular flexibility index (Phi) is 7.00. The molecule has 4 N–H and O–H groups in total. The lowest BCUT2D eigenvalue weighted by molar-refractivity contribution is -0.145. The summed E-state index contributed by atoms with van der Waals surface area (Å²) >= 11 is 0. The van der Waals surface area contributed by atoms with Crippen molar-refractivity contribution >= 4 is 18.4 Å². The highest BCUT2D eigenvalue weighted by Crippen LogP contribution is 2.44. The van der Waals surface area contributed by atoms with Gasteiger partial charge in [0.2, 0.25) is 0 Å². The van der Waals surface area contributed by atoms with E-state index in [0.29, 0.717) is 19.6 Å². The molecule has 0 aromatic heterocycles. The van der Waals surface area contributed by atoms with Crippen LogP contribution < -0.4 is 11.5 Å². The Morgan fingerprint density at radius 3 is 2.12 bits per heavy atom. The van der Waals surface area contributed by atoms with Crippen molar-refractivity contribution in [2.24, 2.45) is 11.5 Å². The minimum atomic E-state index is -0.566. The van der Waals surface area contributed by atoms with Crippen molar-refractivity contribution in [1.82, 2.24) is 0 Å². The van der Waals surface area contributed by atoms with Gasteiger partial charge >= 0.3 is 5.97 Å². The van der Waals surface area contributed by atoms with E-state index in [1.54, 1.807) is 0 Å². The van der Waals surface area contributed by atoms with E-state index in [4.69, 9.17) is 16.2 Å². The third-order valence-electron chi connectivity index (χ3n) is 4.63. The number of ether oxygens (including phenoxy) is 1. The molecule has 0 saturated carbocycles. The summed E-state index contributed by atoms with van der Waals surface area (Å²) in [4.78, 5) is 12.1. The van der Waals surface area contributed by atoms with Crippen LogP contribution in [0, 0.1) is 0 Å². The zero-order valence-electron chi connectivity index (χ0n) is 14.2. The first-order valence-electron chi connectivity index (χ1n) is 8.53. The Morgan fingerprint density at radius 1 is 1.00 bits per heavy atom. The van der Waals surface area contributed by atoms with Crippen molar-refractivity contribution in [3.05, 3.63) is 59.7 Å². The molecule has 0 aliphatic heterocycles. The van der Waals surface area contributed by atoms with Gasteiger partial charge in [-0.05, 0) is 41.6 Å². The summed E-state index contributed by atoms with van der Waals surface area (Å²) in [6.07, 6.45) is 2.35. The topological polar surface area (TPSA) is 78.3 Å². The zero-order chi connectivity index (χ0) is 16.9. The van der Waals surface area contributed by atoms with Crippen LogP contribution in [-0.2, 0) is 9.53 Å². The molecule has 0 amide bonds. The maximum Gasteiger partial charge on any atom is 0.322 e. The molecule has 134 valence electrons. The van der Waals surface area contributed by atoms with Crippen LogP contribution in [-0.4, -0.2) is 25.2 Å². The minimum absolute atomic E-state index is 0. The molecule has 1 aliphatic carbocycles. The van der Waals surface area contributed by atoms with Crippen LogP contribution in [0.1, 0.15) is 36.3 Å². The average molecular weight is 361 g/mol. The molecular weight excluding hydrogens is 336 g/mol. The van der Waals surface area contributed by atoms with Gasteiger partial charge in [-0.1, -0.05) is 55.0 Å². The van der Waals surface area contributed by atoms with Crippen molar-refractivity contribution in [3.8, 4) is 11.1 Å². The van der Waals surface area contributed by atoms with Crippen molar-refractivity contribution in [1.29, 1.82) is 0 Å². The highest BCUT2D eigenvalue weighted by atomic mass is 35.5. The molecule has 1 aliphatic rings. The number of nitrogens with two attached hydrogens (primary N) is 2. The van der Waals surface area contributed by atoms with Gasteiger partial charge < -0.3 is 16.2 Å². The van der Waals surface area contributed by atoms with Gasteiger partial charge in [0.15, 0.2) is 0 Å². The van der Waals surface area contributed by atoms with E-state index in [2.05, 4.69) is 24.3 Å². The standard InChI is InChI=1S/C20H24N2O2.ClH/c21-12-6-5-11-19(22)20(23)24-13-18-16-9-3-1-7-14(16)15-8-2-4-10-17(15)18;/h1-4,7-10,18-19H,5-6,11-13,21-22H2;1H. The number of hydrogen-bond acceptors (Lipinski definition) is 4. The molecule has 0 heterocycles. The van der Waals surface area contributed by atoms with Gasteiger partial charge in [-0.15, -0.1) is 12.4 Å². The fourth-order valence-corrected chi connectivity index (χ4v) is 3.34. The van der Waals surface area contributed by atoms with Crippen LogP contribution in [0.5, 0.6) is 0 Å². The number of carbonyl (C=O) groups excluding carboxylic acids is 1. The van der Waals surface area contributed by atoms with Crippen molar-refractivity contribution < 1.29 is 9.53 Å². The third kappa shape index (κ3) is 4.21. The largest absolute Gasteiger partial charge is 0.464 e. The summed E-state index contributed by atoms with van der Waals surface area (Å²) < 4.78 is 5.54. The monoisotopic (exact) mass is 360 g/mol. The lowest BCUT2D eigenvalue weighted by Gasteiger charge is -2.16. The Balaban J connectivity index is 0.00000225. The maximum atomic E-state index is 12.1. The highest BCUT2D eigenvalue weighted by molar-refractivity contribution is 5.85. The second-order valence-electron chi connectivity index (χ2n) is 6.25. The number of fused-ring (bicyclic) bond motifs is 3. The SMILES string of the molecule is Cl.NCCCCC(N)C(=O)OCC1c2ccccc2-c2ccccc21. The first kappa shape index (κ1) is 19.4. The molecule has 4 nitrogen and oxygen atoms in total. The van der Waals surface area contributed by atoms with Crippen LogP contribution in [0.3, 0.4) is 0 Å². The summed E-state index contributed by atoms with van der Waals surface area (Å²) in [7, 11) is 0. The molecular formula is C20H25ClN2O2. The normalized spacial score (nSPS) is 13.5. The number of esters is 1. The number of benzene rings is 2. The molecule has 1 atom stereocenters. The van der Waals surface area contributed by atoms with Gasteiger partial charge in [-0.2, -0.15) is 0 Å². The van der Waals surface area contributed by atoms with E-state index in [-0.39, 0.29) is 24.3 Å². The van der Waals surface area contributed by atoms with E-state index >= 15 is 0 Å². The number of hydrogen-bond donors (Lipinski definition) is 2. The predicted molar refractivity (Wildman–Crippen MR) is 103 cm³/mol. The lowest BCUT2D eigenvalue weighted by Crippen LogP contribution is -2.33. The van der Waals surface area contributed by atoms with E-state index < -0.39 is 6.04 Å². The molecule has 0 bridgehead atoms. The predicted octanol–water partition coefficient (Wildman–Crippen LogP) is 3.22. The van der Waals surface area contributed by atoms with Crippen LogP contribution >= 0.6 is 12.4 Å². The molecule has 2 aromatic rings. The molecule has 0 fully saturated rings. The fourth-order valence-electron chi connectivity index (χ4n) is 3.34. The molecule has 0 saturated heterocycles. The summed E-state index contributed by atoms with van der Waals surface area (Å²) in [5.41, 5.74) is 16.3. The Hall–Kier alpha value is -1.88. The smallest absolute Gasteiger partial charge is 0.322 e. The van der Waals surface area contributed by atoms with Crippen LogP contribution in [0.15, 0.2) is 48.5 Å². The van der Waals surface area contributed by atoms with Crippen molar-refractivity contribution in [3.63, 3.8) is 0 Å². The molecule has 25 heavy (non-hydrogen) atoms. The first-order valence-corrected chi connectivity index (χ1v) is 8.53. The Morgan fingerprint density at radius 2 is 1.56 bits per heavy atom. The van der Waals surface area contributed by atoms with Gasteiger partial charge in [-0.3, -0.25) is 4.79 Å². The van der Waals surface area contributed by atoms with E-state index in [1.165, 1.54) is 22.3 Å². The second kappa shape index (κ2) is 8.99. The second-order valence-corrected chi connectivity index (χ2v) is 6.25. The molecule has 0 spiro atoms. The van der Waals surface area contributed by atoms with Gasteiger partial charge in [-0.25, -0.2) is 0 Å². The number of halogens is 1. The molecule has 5 heteroatoms. The lowest BCUT2D eigenvalue weighted by atomic mass is 9.98. The number of carbonyl (C=O) groups is 1. The highest BCUT2D eigenvalue weighted by Gasteiger charge is 2.29. The quantitative estimate of drug-likeness (QED) is 0.587. The molecule has 3 rings (SSSR count). The number of rotatable bonds is 7. The van der Waals surface area contributed by atoms with Crippen molar-refractivity contribution in [2.45, 2.75) is 31.2 Å². The summed E-state index contributed by atoms with van der Waals surface area (Å²) in [5, 5.41) is 0. The molecule has 0 radical (unpaired) electrons. The molecule has 2 aromatic carbocycles. The van der Waals surface area contributed by atoms with E-state index in [0.717, 1.165) is 12.8 Å². The minimum Gasteiger partial charge on any atom is -0.464 e. The van der Waals surface area contributed by atoms with Gasteiger partial charge in [0.1, 0.15) is 12.6 Å². The van der Waals surface area contributed by atoms with Gasteiger partial charge in [0, 0.05) is 5.92 Å². The van der Waals surface area contributed by atoms with Gasteiger partial charge in [0.05, 0.1) is 0 Å². The van der Waals surface area contributed by atoms with Crippen LogP contribution in [0.2, 0.25) is 0 Å². The van der Waals surface area contributed by atoms with Crippen molar-refractivity contribution in [2.75, 3.05) is 13.2 Å². The zero-order valence-corrected chi connectivity index (χ0v) is 15.0. The summed E-state index contributed by atoms with van der Waals surface area (Å²) in [5.74, 6) is -0.244. The first-order chi connectivity index (χ1) is 11.7. The van der Waals surface area contributed by atoms with Gasteiger partial charge in [0.25, 0.3) is 0 Å².